The number of imidazole rings is 2. The Morgan fingerprint density at radius 2 is 2.16 bits per heavy atom. The van der Waals surface area contributed by atoms with Crippen molar-refractivity contribution in [2.24, 2.45) is 0 Å². The fourth-order valence-electron chi connectivity index (χ4n) is 2.31. The Labute approximate surface area is 111 Å². The third kappa shape index (κ3) is 1.92. The zero-order valence-electron chi connectivity index (χ0n) is 10.8. The van der Waals surface area contributed by atoms with Crippen LogP contribution in [0.2, 0.25) is 0 Å². The average Bonchev–Trinajstić information content (AvgIpc) is 3.02. The number of aliphatic hydroxyl groups is 1. The molecule has 0 aromatic carbocycles. The molecule has 98 valence electrons. The van der Waals surface area contributed by atoms with Crippen LogP contribution < -0.4 is 0 Å². The fourth-order valence-corrected chi connectivity index (χ4v) is 2.31. The Hall–Kier alpha value is -2.14. The van der Waals surface area contributed by atoms with Crippen molar-refractivity contribution in [1.82, 2.24) is 18.9 Å². The molecule has 0 fully saturated rings. The molecule has 3 heterocycles. The summed E-state index contributed by atoms with van der Waals surface area (Å²) in [5.74, 6) is 1.73. The van der Waals surface area contributed by atoms with Gasteiger partial charge in [-0.3, -0.25) is 8.97 Å². The van der Waals surface area contributed by atoms with Gasteiger partial charge in [0.15, 0.2) is 5.82 Å². The molecule has 0 bridgehead atoms. The SMILES string of the molecule is CCCc1nccn1-c1nc2ccccn2c1CO. The number of aliphatic hydroxyl groups excluding tert-OH is 1. The summed E-state index contributed by atoms with van der Waals surface area (Å²) in [7, 11) is 0. The molecule has 0 radical (unpaired) electrons. The Balaban J connectivity index is 2.21. The zero-order valence-corrected chi connectivity index (χ0v) is 10.8. The molecule has 0 aliphatic heterocycles. The lowest BCUT2D eigenvalue weighted by Gasteiger charge is -2.06. The summed E-state index contributed by atoms with van der Waals surface area (Å²) in [4.78, 5) is 8.95. The van der Waals surface area contributed by atoms with E-state index in [1.54, 1.807) is 6.20 Å². The molecule has 0 aliphatic carbocycles. The predicted octanol–water partition coefficient (Wildman–Crippen LogP) is 1.96. The molecule has 0 unspecified atom stereocenters. The largest absolute Gasteiger partial charge is 0.390 e. The molecule has 5 nitrogen and oxygen atoms in total. The van der Waals surface area contributed by atoms with E-state index in [0.29, 0.717) is 0 Å². The lowest BCUT2D eigenvalue weighted by Crippen LogP contribution is -2.04. The number of aryl methyl sites for hydroxylation is 1. The van der Waals surface area contributed by atoms with Crippen LogP contribution in [0.1, 0.15) is 24.9 Å². The first kappa shape index (κ1) is 11.9. The number of fused-ring (bicyclic) bond motifs is 1. The van der Waals surface area contributed by atoms with Crippen molar-refractivity contribution in [1.29, 1.82) is 0 Å². The van der Waals surface area contributed by atoms with E-state index in [2.05, 4.69) is 16.9 Å². The fraction of sp³-hybridized carbons (Fsp3) is 0.286. The van der Waals surface area contributed by atoms with Crippen LogP contribution in [-0.4, -0.2) is 24.0 Å². The molecule has 5 heteroatoms. The number of pyridine rings is 1. The van der Waals surface area contributed by atoms with Crippen LogP contribution in [-0.2, 0) is 13.0 Å². The number of rotatable bonds is 4. The summed E-state index contributed by atoms with van der Waals surface area (Å²) in [6, 6.07) is 5.80. The van der Waals surface area contributed by atoms with Gasteiger partial charge in [0.25, 0.3) is 0 Å². The van der Waals surface area contributed by atoms with Crippen molar-refractivity contribution >= 4 is 5.65 Å². The zero-order chi connectivity index (χ0) is 13.2. The highest BCUT2D eigenvalue weighted by atomic mass is 16.3. The van der Waals surface area contributed by atoms with Crippen LogP contribution in [0.4, 0.5) is 0 Å². The number of nitrogens with zero attached hydrogens (tertiary/aromatic N) is 4. The minimum absolute atomic E-state index is 0.0513. The second kappa shape index (κ2) is 4.85. The van der Waals surface area contributed by atoms with E-state index >= 15 is 0 Å². The van der Waals surface area contributed by atoms with Crippen LogP contribution in [0.15, 0.2) is 36.8 Å². The van der Waals surface area contributed by atoms with Crippen molar-refractivity contribution in [2.45, 2.75) is 26.4 Å². The number of aromatic nitrogens is 4. The summed E-state index contributed by atoms with van der Waals surface area (Å²) < 4.78 is 3.87. The summed E-state index contributed by atoms with van der Waals surface area (Å²) in [6.45, 7) is 2.07. The minimum atomic E-state index is -0.0513. The van der Waals surface area contributed by atoms with Gasteiger partial charge in [0.1, 0.15) is 11.5 Å². The van der Waals surface area contributed by atoms with Gasteiger partial charge in [-0.05, 0) is 18.6 Å². The Morgan fingerprint density at radius 3 is 2.95 bits per heavy atom. The molecule has 3 rings (SSSR count). The Kier molecular flexibility index (Phi) is 3.05. The van der Waals surface area contributed by atoms with Crippen molar-refractivity contribution in [2.75, 3.05) is 0 Å². The van der Waals surface area contributed by atoms with E-state index in [1.165, 1.54) is 0 Å². The van der Waals surface area contributed by atoms with Crippen LogP contribution >= 0.6 is 0 Å². The second-order valence-corrected chi connectivity index (χ2v) is 4.43. The predicted molar refractivity (Wildman–Crippen MR) is 72.2 cm³/mol. The lowest BCUT2D eigenvalue weighted by molar-refractivity contribution is 0.275. The molecule has 3 aromatic heterocycles. The molecule has 0 atom stereocenters. The monoisotopic (exact) mass is 256 g/mol. The topological polar surface area (TPSA) is 55.4 Å². The average molecular weight is 256 g/mol. The van der Waals surface area contributed by atoms with Gasteiger partial charge >= 0.3 is 0 Å². The maximum Gasteiger partial charge on any atom is 0.163 e. The summed E-state index contributed by atoms with van der Waals surface area (Å²) >= 11 is 0. The van der Waals surface area contributed by atoms with Gasteiger partial charge in [-0.15, -0.1) is 0 Å². The first-order valence-electron chi connectivity index (χ1n) is 6.44. The van der Waals surface area contributed by atoms with E-state index < -0.39 is 0 Å². The summed E-state index contributed by atoms with van der Waals surface area (Å²) in [6.07, 6.45) is 7.50. The van der Waals surface area contributed by atoms with E-state index in [1.807, 2.05) is 39.6 Å². The molecule has 3 aromatic rings. The molecule has 0 saturated heterocycles. The number of hydrogen-bond acceptors (Lipinski definition) is 3. The maximum atomic E-state index is 9.63. The van der Waals surface area contributed by atoms with Gasteiger partial charge in [0.05, 0.1) is 12.3 Å². The highest BCUT2D eigenvalue weighted by Crippen LogP contribution is 2.19. The van der Waals surface area contributed by atoms with Crippen LogP contribution in [0.5, 0.6) is 0 Å². The van der Waals surface area contributed by atoms with Crippen LogP contribution in [0.3, 0.4) is 0 Å². The van der Waals surface area contributed by atoms with Gasteiger partial charge in [0.2, 0.25) is 0 Å². The third-order valence-corrected chi connectivity index (χ3v) is 3.18. The van der Waals surface area contributed by atoms with Crippen LogP contribution in [0.25, 0.3) is 11.5 Å². The van der Waals surface area contributed by atoms with Crippen molar-refractivity contribution < 1.29 is 5.11 Å². The highest BCUT2D eigenvalue weighted by Gasteiger charge is 2.15. The van der Waals surface area contributed by atoms with Gasteiger partial charge in [-0.1, -0.05) is 13.0 Å². The lowest BCUT2D eigenvalue weighted by atomic mass is 10.3. The van der Waals surface area contributed by atoms with E-state index in [9.17, 15) is 5.11 Å². The normalized spacial score (nSPS) is 11.3. The van der Waals surface area contributed by atoms with Crippen LogP contribution in [0, 0.1) is 0 Å². The molecular formula is C14H16N4O. The van der Waals surface area contributed by atoms with Gasteiger partial charge in [-0.25, -0.2) is 9.97 Å². The Bertz CT molecular complexity index is 698. The van der Waals surface area contributed by atoms with Gasteiger partial charge in [-0.2, -0.15) is 0 Å². The van der Waals surface area contributed by atoms with E-state index in [0.717, 1.165) is 35.8 Å². The molecule has 0 amide bonds. The second-order valence-electron chi connectivity index (χ2n) is 4.43. The van der Waals surface area contributed by atoms with Crippen molar-refractivity contribution in [3.05, 3.63) is 48.3 Å². The molecule has 19 heavy (non-hydrogen) atoms. The standard InChI is InChI=1S/C14H16N4O/c1-2-5-12-15-7-9-18(12)14-11(10-19)17-8-4-3-6-13(17)16-14/h3-4,6-9,19H,2,5,10H2,1H3. The van der Waals surface area contributed by atoms with Gasteiger partial charge < -0.3 is 5.11 Å². The molecule has 0 saturated carbocycles. The maximum absolute atomic E-state index is 9.63. The molecule has 0 aliphatic rings. The Morgan fingerprint density at radius 1 is 1.26 bits per heavy atom. The molecule has 0 spiro atoms. The highest BCUT2D eigenvalue weighted by molar-refractivity contribution is 5.49. The van der Waals surface area contributed by atoms with E-state index in [4.69, 9.17) is 0 Å². The smallest absolute Gasteiger partial charge is 0.163 e. The van der Waals surface area contributed by atoms with Gasteiger partial charge in [0, 0.05) is 25.0 Å². The first-order chi connectivity index (χ1) is 9.35. The van der Waals surface area contributed by atoms with Crippen molar-refractivity contribution in [3.63, 3.8) is 0 Å². The summed E-state index contributed by atoms with van der Waals surface area (Å²) in [5.41, 5.74) is 1.61. The van der Waals surface area contributed by atoms with E-state index in [-0.39, 0.29) is 6.61 Å². The number of hydrogen-bond donors (Lipinski definition) is 1. The molecule has 1 N–H and O–H groups in total. The quantitative estimate of drug-likeness (QED) is 0.776. The summed E-state index contributed by atoms with van der Waals surface area (Å²) in [5, 5.41) is 9.63. The van der Waals surface area contributed by atoms with Crippen molar-refractivity contribution in [3.8, 4) is 5.82 Å². The first-order valence-corrected chi connectivity index (χ1v) is 6.44. The minimum Gasteiger partial charge on any atom is -0.390 e. The third-order valence-electron chi connectivity index (χ3n) is 3.18. The molecular weight excluding hydrogens is 240 g/mol.